The van der Waals surface area contributed by atoms with Gasteiger partial charge in [0.15, 0.2) is 11.5 Å². The van der Waals surface area contributed by atoms with Gasteiger partial charge >= 0.3 is 5.97 Å². The zero-order valence-corrected chi connectivity index (χ0v) is 16.9. The second kappa shape index (κ2) is 9.09. The van der Waals surface area contributed by atoms with Gasteiger partial charge in [-0.1, -0.05) is 15.9 Å². The Morgan fingerprint density at radius 2 is 1.96 bits per heavy atom. The number of rotatable bonds is 7. The average Bonchev–Trinajstić information content (AvgIpc) is 2.85. The van der Waals surface area contributed by atoms with E-state index in [2.05, 4.69) is 15.9 Å². The third-order valence-corrected chi connectivity index (χ3v) is 4.93. The smallest absolute Gasteiger partial charge is 0.326 e. The number of hydrogen-bond donors (Lipinski definition) is 0. The molecule has 1 aliphatic heterocycles. The Morgan fingerprint density at radius 3 is 2.58 bits per heavy atom. The fourth-order valence-electron chi connectivity index (χ4n) is 2.20. The van der Waals surface area contributed by atoms with Gasteiger partial charge in [0.2, 0.25) is 0 Å². The molecule has 1 saturated heterocycles. The molecule has 140 valence electrons. The molecule has 1 fully saturated rings. The second-order valence-corrected chi connectivity index (χ2v) is 6.88. The molecule has 0 saturated carbocycles. The maximum atomic E-state index is 12.4. The fraction of sp³-hybridized carbons (Fsp3) is 0.353. The van der Waals surface area contributed by atoms with Crippen LogP contribution in [0.3, 0.4) is 0 Å². The summed E-state index contributed by atoms with van der Waals surface area (Å²) in [5.74, 6) is -0.0875. The van der Waals surface area contributed by atoms with Crippen molar-refractivity contribution in [2.45, 2.75) is 13.8 Å². The minimum absolute atomic E-state index is 0.184. The first kappa shape index (κ1) is 20.3. The van der Waals surface area contributed by atoms with Crippen LogP contribution in [0.25, 0.3) is 6.08 Å². The van der Waals surface area contributed by atoms with Crippen LogP contribution in [0.2, 0.25) is 0 Å². The highest BCUT2D eigenvalue weighted by Crippen LogP contribution is 2.37. The van der Waals surface area contributed by atoms with Gasteiger partial charge in [-0.15, -0.1) is 0 Å². The van der Waals surface area contributed by atoms with Crippen molar-refractivity contribution in [2.75, 3.05) is 26.9 Å². The van der Waals surface area contributed by atoms with Gasteiger partial charge < -0.3 is 14.2 Å². The summed E-state index contributed by atoms with van der Waals surface area (Å²) in [6, 6.07) is 3.44. The van der Waals surface area contributed by atoms with E-state index in [0.29, 0.717) is 28.1 Å². The Labute approximate surface area is 163 Å². The number of esters is 1. The van der Waals surface area contributed by atoms with E-state index in [-0.39, 0.29) is 11.5 Å². The minimum Gasteiger partial charge on any atom is -0.493 e. The number of carbonyl (C=O) groups excluding carboxylic acids is 3. The molecule has 1 heterocycles. The summed E-state index contributed by atoms with van der Waals surface area (Å²) < 4.78 is 16.3. The molecule has 1 aromatic carbocycles. The van der Waals surface area contributed by atoms with E-state index < -0.39 is 23.7 Å². The van der Waals surface area contributed by atoms with Crippen molar-refractivity contribution in [1.82, 2.24) is 4.90 Å². The first-order valence-electron chi connectivity index (χ1n) is 7.82. The van der Waals surface area contributed by atoms with Crippen LogP contribution in [0.5, 0.6) is 11.5 Å². The molecular weight excluding hydrogens is 426 g/mol. The van der Waals surface area contributed by atoms with Crippen molar-refractivity contribution in [2.24, 2.45) is 0 Å². The zero-order valence-electron chi connectivity index (χ0n) is 14.5. The van der Waals surface area contributed by atoms with Crippen LogP contribution >= 0.6 is 27.7 Å². The molecule has 1 aromatic rings. The van der Waals surface area contributed by atoms with Gasteiger partial charge in [0.05, 0.1) is 25.2 Å². The van der Waals surface area contributed by atoms with Gasteiger partial charge in [0, 0.05) is 4.47 Å². The van der Waals surface area contributed by atoms with Gasteiger partial charge in [-0.2, -0.15) is 0 Å². The van der Waals surface area contributed by atoms with Gasteiger partial charge in [-0.25, -0.2) is 0 Å². The Morgan fingerprint density at radius 1 is 1.23 bits per heavy atom. The van der Waals surface area contributed by atoms with E-state index in [1.165, 1.54) is 7.11 Å². The van der Waals surface area contributed by atoms with Crippen molar-refractivity contribution in [3.05, 3.63) is 27.1 Å². The summed E-state index contributed by atoms with van der Waals surface area (Å²) in [6.07, 6.45) is 1.57. The number of thioether (sulfide) groups is 1. The first-order chi connectivity index (χ1) is 12.4. The molecule has 0 radical (unpaired) electrons. The monoisotopic (exact) mass is 443 g/mol. The van der Waals surface area contributed by atoms with E-state index >= 15 is 0 Å². The molecule has 0 atom stereocenters. The van der Waals surface area contributed by atoms with E-state index in [4.69, 9.17) is 14.2 Å². The van der Waals surface area contributed by atoms with Gasteiger partial charge in [0.25, 0.3) is 11.1 Å². The van der Waals surface area contributed by atoms with Crippen molar-refractivity contribution in [1.29, 1.82) is 0 Å². The predicted molar refractivity (Wildman–Crippen MR) is 101 cm³/mol. The van der Waals surface area contributed by atoms with Crippen molar-refractivity contribution >= 4 is 50.9 Å². The number of benzene rings is 1. The van der Waals surface area contributed by atoms with Crippen molar-refractivity contribution in [3.63, 3.8) is 0 Å². The second-order valence-electron chi connectivity index (χ2n) is 5.03. The SMILES string of the molecule is CCOC(=O)CN1C(=O)S/C(=C/c2cc(OCC)c(OC)cc2Br)C1=O. The van der Waals surface area contributed by atoms with Gasteiger partial charge in [-0.05, 0) is 49.4 Å². The van der Waals surface area contributed by atoms with Crippen LogP contribution < -0.4 is 9.47 Å². The molecule has 2 amide bonds. The highest BCUT2D eigenvalue weighted by molar-refractivity contribution is 9.10. The van der Waals surface area contributed by atoms with Crippen LogP contribution in [-0.4, -0.2) is 48.9 Å². The molecule has 0 bridgehead atoms. The Hall–Kier alpha value is -2.00. The molecular formula is C17H18BrNO6S. The quantitative estimate of drug-likeness (QED) is 0.471. The molecule has 0 spiro atoms. The van der Waals surface area contributed by atoms with Crippen LogP contribution in [0.1, 0.15) is 19.4 Å². The summed E-state index contributed by atoms with van der Waals surface area (Å²) in [6.45, 7) is 3.74. The number of ether oxygens (including phenoxy) is 3. The lowest BCUT2D eigenvalue weighted by Gasteiger charge is -2.12. The number of nitrogens with zero attached hydrogens (tertiary/aromatic N) is 1. The maximum absolute atomic E-state index is 12.4. The fourth-order valence-corrected chi connectivity index (χ4v) is 3.47. The molecule has 0 N–H and O–H groups in total. The highest BCUT2D eigenvalue weighted by atomic mass is 79.9. The largest absolute Gasteiger partial charge is 0.493 e. The van der Waals surface area contributed by atoms with Crippen LogP contribution in [0, 0.1) is 0 Å². The van der Waals surface area contributed by atoms with E-state index in [1.54, 1.807) is 25.1 Å². The summed E-state index contributed by atoms with van der Waals surface area (Å²) in [7, 11) is 1.53. The molecule has 0 unspecified atom stereocenters. The summed E-state index contributed by atoms with van der Waals surface area (Å²) in [5.41, 5.74) is 0.649. The minimum atomic E-state index is -0.625. The molecule has 26 heavy (non-hydrogen) atoms. The third kappa shape index (κ3) is 4.59. The van der Waals surface area contributed by atoms with Gasteiger partial charge in [-0.3, -0.25) is 19.3 Å². The Kier molecular flexibility index (Phi) is 7.10. The number of carbonyl (C=O) groups is 3. The zero-order chi connectivity index (χ0) is 19.3. The maximum Gasteiger partial charge on any atom is 0.326 e. The lowest BCUT2D eigenvalue weighted by atomic mass is 10.2. The molecule has 7 nitrogen and oxygen atoms in total. The summed E-state index contributed by atoms with van der Waals surface area (Å²) >= 11 is 4.19. The number of halogens is 1. The molecule has 2 rings (SSSR count). The standard InChI is InChI=1S/C17H18BrNO6S/c1-4-24-13-6-10(11(18)8-12(13)23-3)7-14-16(21)19(17(22)26-14)9-15(20)25-5-2/h6-8H,4-5,9H2,1-3H3/b14-7+. The average molecular weight is 444 g/mol. The Bertz CT molecular complexity index is 764. The molecule has 0 aromatic heterocycles. The van der Waals surface area contributed by atoms with Crippen molar-refractivity contribution in [3.8, 4) is 11.5 Å². The van der Waals surface area contributed by atoms with E-state index in [9.17, 15) is 14.4 Å². The lowest BCUT2D eigenvalue weighted by Crippen LogP contribution is -2.34. The predicted octanol–water partition coefficient (Wildman–Crippen LogP) is 3.46. The van der Waals surface area contributed by atoms with Crippen LogP contribution in [0.4, 0.5) is 4.79 Å². The highest BCUT2D eigenvalue weighted by Gasteiger charge is 2.36. The molecule has 0 aliphatic carbocycles. The first-order valence-corrected chi connectivity index (χ1v) is 9.43. The van der Waals surface area contributed by atoms with Crippen LogP contribution in [0.15, 0.2) is 21.5 Å². The normalized spacial score (nSPS) is 15.5. The number of amides is 2. The van der Waals surface area contributed by atoms with E-state index in [1.807, 2.05) is 6.92 Å². The Balaban J connectivity index is 2.29. The molecule has 9 heteroatoms. The lowest BCUT2D eigenvalue weighted by molar-refractivity contribution is -0.145. The summed E-state index contributed by atoms with van der Waals surface area (Å²) in [4.78, 5) is 37.1. The number of imide groups is 1. The number of hydrogen-bond acceptors (Lipinski definition) is 7. The topological polar surface area (TPSA) is 82.1 Å². The number of methoxy groups -OCH3 is 1. The third-order valence-electron chi connectivity index (χ3n) is 3.34. The van der Waals surface area contributed by atoms with E-state index in [0.717, 1.165) is 16.7 Å². The summed E-state index contributed by atoms with van der Waals surface area (Å²) in [5, 5.41) is -0.510. The van der Waals surface area contributed by atoms with Crippen molar-refractivity contribution < 1.29 is 28.6 Å². The van der Waals surface area contributed by atoms with Crippen LogP contribution in [-0.2, 0) is 14.3 Å². The molecule has 1 aliphatic rings. The van der Waals surface area contributed by atoms with Gasteiger partial charge in [0.1, 0.15) is 6.54 Å².